The zero-order valence-corrected chi connectivity index (χ0v) is 15.7. The third kappa shape index (κ3) is 3.86. The van der Waals surface area contributed by atoms with Crippen LogP contribution in [0.4, 0.5) is 4.79 Å². The first-order valence-electron chi connectivity index (χ1n) is 9.86. The summed E-state index contributed by atoms with van der Waals surface area (Å²) in [6.45, 7) is 6.46. The molecule has 0 N–H and O–H groups in total. The number of piperidine rings is 1. The molecule has 0 aromatic carbocycles. The van der Waals surface area contributed by atoms with Crippen LogP contribution >= 0.6 is 0 Å². The van der Waals surface area contributed by atoms with Crippen molar-refractivity contribution < 1.29 is 14.3 Å². The lowest BCUT2D eigenvalue weighted by Gasteiger charge is -2.41. The van der Waals surface area contributed by atoms with Crippen molar-refractivity contribution >= 4 is 6.03 Å². The number of urea groups is 1. The highest BCUT2D eigenvalue weighted by Crippen LogP contribution is 2.36. The molecule has 4 rings (SSSR count). The van der Waals surface area contributed by atoms with Crippen LogP contribution < -0.4 is 0 Å². The van der Waals surface area contributed by atoms with Crippen LogP contribution in [-0.4, -0.2) is 65.3 Å². The minimum atomic E-state index is -0.224. The van der Waals surface area contributed by atoms with Crippen LogP contribution in [-0.2, 0) is 16.1 Å². The van der Waals surface area contributed by atoms with Gasteiger partial charge in [-0.25, -0.2) is 4.79 Å². The van der Waals surface area contributed by atoms with Crippen LogP contribution in [0.1, 0.15) is 43.5 Å². The summed E-state index contributed by atoms with van der Waals surface area (Å²) in [6.07, 6.45) is 5.22. The van der Waals surface area contributed by atoms with Crippen molar-refractivity contribution in [3.05, 3.63) is 29.6 Å². The standard InChI is InChI=1S/C20H29N3O3/c1-16-6-4-7-17(21-16)13-25-18-12-20(26-14-18)8-5-11-23(15-20)19(24)22-9-2-3-10-22/h4,6-7,18H,2-3,5,8-15H2,1H3/t18-,20+/m1/s1. The molecule has 0 unspecified atom stereocenters. The van der Waals surface area contributed by atoms with Crippen molar-refractivity contribution in [2.45, 2.75) is 57.3 Å². The summed E-state index contributed by atoms with van der Waals surface area (Å²) in [5.41, 5.74) is 1.74. The Labute approximate surface area is 155 Å². The quantitative estimate of drug-likeness (QED) is 0.833. The molecule has 0 bridgehead atoms. The van der Waals surface area contributed by atoms with Gasteiger partial charge < -0.3 is 19.3 Å². The molecule has 2 amide bonds. The van der Waals surface area contributed by atoms with Gasteiger partial charge in [0.05, 0.1) is 37.2 Å². The second-order valence-electron chi connectivity index (χ2n) is 7.90. The molecule has 1 spiro atoms. The maximum Gasteiger partial charge on any atom is 0.320 e. The number of rotatable bonds is 3. The Balaban J connectivity index is 1.32. The van der Waals surface area contributed by atoms with Crippen molar-refractivity contribution in [3.8, 4) is 0 Å². The molecule has 6 heteroatoms. The summed E-state index contributed by atoms with van der Waals surface area (Å²) in [5, 5.41) is 0. The van der Waals surface area contributed by atoms with Gasteiger partial charge in [-0.2, -0.15) is 0 Å². The van der Waals surface area contributed by atoms with Gasteiger partial charge in [0.25, 0.3) is 0 Å². The van der Waals surface area contributed by atoms with E-state index >= 15 is 0 Å². The van der Waals surface area contributed by atoms with Crippen LogP contribution in [0.3, 0.4) is 0 Å². The molecule has 6 nitrogen and oxygen atoms in total. The van der Waals surface area contributed by atoms with E-state index in [1.807, 2.05) is 34.9 Å². The van der Waals surface area contributed by atoms with Crippen molar-refractivity contribution in [2.75, 3.05) is 32.8 Å². The van der Waals surface area contributed by atoms with Gasteiger partial charge in [0.1, 0.15) is 0 Å². The van der Waals surface area contributed by atoms with Crippen LogP contribution in [0.25, 0.3) is 0 Å². The molecule has 0 aliphatic carbocycles. The second kappa shape index (κ2) is 7.53. The molecule has 3 saturated heterocycles. The van der Waals surface area contributed by atoms with E-state index in [1.165, 1.54) is 0 Å². The second-order valence-corrected chi connectivity index (χ2v) is 7.90. The number of hydrogen-bond acceptors (Lipinski definition) is 4. The van der Waals surface area contributed by atoms with Gasteiger partial charge in [0.2, 0.25) is 0 Å². The lowest BCUT2D eigenvalue weighted by molar-refractivity contribution is -0.0456. The molecule has 0 radical (unpaired) electrons. The minimum Gasteiger partial charge on any atom is -0.370 e. The fraction of sp³-hybridized carbons (Fsp3) is 0.700. The van der Waals surface area contributed by atoms with Crippen molar-refractivity contribution in [1.82, 2.24) is 14.8 Å². The van der Waals surface area contributed by atoms with E-state index in [9.17, 15) is 4.79 Å². The summed E-state index contributed by atoms with van der Waals surface area (Å²) in [6, 6.07) is 6.19. The predicted octanol–water partition coefficient (Wildman–Crippen LogP) is 2.75. The molecule has 0 saturated carbocycles. The number of hydrogen-bond donors (Lipinski definition) is 0. The number of aromatic nitrogens is 1. The Kier molecular flexibility index (Phi) is 5.14. The van der Waals surface area contributed by atoms with E-state index in [1.54, 1.807) is 0 Å². The van der Waals surface area contributed by atoms with E-state index in [2.05, 4.69) is 4.98 Å². The minimum absolute atomic E-state index is 0.0825. The Bertz CT molecular complexity index is 647. The third-order valence-corrected chi connectivity index (χ3v) is 5.77. The van der Waals surface area contributed by atoms with Gasteiger partial charge in [-0.05, 0) is 44.7 Å². The number of likely N-dealkylation sites (tertiary alicyclic amines) is 2. The van der Waals surface area contributed by atoms with Crippen LogP contribution in [0.5, 0.6) is 0 Å². The number of ether oxygens (including phenoxy) is 2. The summed E-state index contributed by atoms with van der Waals surface area (Å²) in [7, 11) is 0. The number of amides is 2. The molecule has 3 aliphatic heterocycles. The average molecular weight is 359 g/mol. The third-order valence-electron chi connectivity index (χ3n) is 5.77. The first-order chi connectivity index (χ1) is 12.6. The lowest BCUT2D eigenvalue weighted by atomic mass is 9.89. The number of carbonyl (C=O) groups excluding carboxylic acids is 1. The van der Waals surface area contributed by atoms with Gasteiger partial charge in [0, 0.05) is 31.7 Å². The number of nitrogens with zero attached hydrogens (tertiary/aromatic N) is 3. The molecule has 3 aliphatic rings. The van der Waals surface area contributed by atoms with Gasteiger partial charge in [-0.1, -0.05) is 6.07 Å². The normalized spacial score (nSPS) is 28.9. The Morgan fingerprint density at radius 3 is 2.88 bits per heavy atom. The molecular formula is C20H29N3O3. The molecule has 2 atom stereocenters. The average Bonchev–Trinajstić information content (AvgIpc) is 3.30. The van der Waals surface area contributed by atoms with Gasteiger partial charge in [-0.15, -0.1) is 0 Å². The number of pyridine rings is 1. The smallest absolute Gasteiger partial charge is 0.320 e. The molecular weight excluding hydrogens is 330 g/mol. The predicted molar refractivity (Wildman–Crippen MR) is 97.9 cm³/mol. The van der Waals surface area contributed by atoms with E-state index < -0.39 is 0 Å². The van der Waals surface area contributed by atoms with E-state index in [4.69, 9.17) is 9.47 Å². The lowest BCUT2D eigenvalue weighted by Crippen LogP contribution is -2.53. The fourth-order valence-corrected chi connectivity index (χ4v) is 4.45. The molecule has 142 valence electrons. The summed E-state index contributed by atoms with van der Waals surface area (Å²) in [5.74, 6) is 0. The maximum absolute atomic E-state index is 12.7. The van der Waals surface area contributed by atoms with Crippen molar-refractivity contribution in [1.29, 1.82) is 0 Å². The van der Waals surface area contributed by atoms with Gasteiger partial charge in [0.15, 0.2) is 0 Å². The number of carbonyl (C=O) groups is 1. The van der Waals surface area contributed by atoms with E-state index in [0.717, 1.165) is 63.1 Å². The molecule has 3 fully saturated rings. The van der Waals surface area contributed by atoms with Gasteiger partial charge >= 0.3 is 6.03 Å². The SMILES string of the molecule is Cc1cccc(CO[C@H]2CO[C@@]3(CCCN(C(=O)N4CCCC4)C3)C2)n1. The molecule has 1 aromatic heterocycles. The Hall–Kier alpha value is -1.66. The van der Waals surface area contributed by atoms with Crippen LogP contribution in [0.2, 0.25) is 0 Å². The van der Waals surface area contributed by atoms with Gasteiger partial charge in [-0.3, -0.25) is 4.98 Å². The topological polar surface area (TPSA) is 54.9 Å². The van der Waals surface area contributed by atoms with Crippen LogP contribution in [0.15, 0.2) is 18.2 Å². The zero-order chi connectivity index (χ0) is 18.0. The van der Waals surface area contributed by atoms with Crippen molar-refractivity contribution in [3.63, 3.8) is 0 Å². The van der Waals surface area contributed by atoms with Crippen LogP contribution in [0, 0.1) is 6.92 Å². The Morgan fingerprint density at radius 2 is 2.08 bits per heavy atom. The first kappa shape index (κ1) is 17.7. The van der Waals surface area contributed by atoms with Crippen molar-refractivity contribution in [2.24, 2.45) is 0 Å². The maximum atomic E-state index is 12.7. The fourth-order valence-electron chi connectivity index (χ4n) is 4.45. The molecule has 26 heavy (non-hydrogen) atoms. The summed E-state index contributed by atoms with van der Waals surface area (Å²) < 4.78 is 12.3. The largest absolute Gasteiger partial charge is 0.370 e. The van der Waals surface area contributed by atoms with E-state index in [0.29, 0.717) is 19.8 Å². The van der Waals surface area contributed by atoms with E-state index in [-0.39, 0.29) is 17.7 Å². The highest BCUT2D eigenvalue weighted by molar-refractivity contribution is 5.75. The highest BCUT2D eigenvalue weighted by Gasteiger charge is 2.45. The summed E-state index contributed by atoms with van der Waals surface area (Å²) in [4.78, 5) is 21.2. The number of aryl methyl sites for hydroxylation is 1. The first-order valence-corrected chi connectivity index (χ1v) is 9.86. The zero-order valence-electron chi connectivity index (χ0n) is 15.7. The molecule has 1 aromatic rings. The monoisotopic (exact) mass is 359 g/mol. The Morgan fingerprint density at radius 1 is 1.27 bits per heavy atom. The highest BCUT2D eigenvalue weighted by atomic mass is 16.6. The molecule has 4 heterocycles. The summed E-state index contributed by atoms with van der Waals surface area (Å²) >= 11 is 0.